The van der Waals surface area contributed by atoms with Crippen LogP contribution in [-0.4, -0.2) is 81.9 Å². The molecular weight excluding hydrogens is 545 g/mol. The molecule has 4 aliphatic rings. The number of nitrogens with zero attached hydrogens (tertiary/aromatic N) is 4. The van der Waals surface area contributed by atoms with Gasteiger partial charge in [-0.05, 0) is 43.7 Å². The van der Waals surface area contributed by atoms with Crippen molar-refractivity contribution in [3.8, 4) is 11.9 Å². The number of anilines is 1. The highest BCUT2D eigenvalue weighted by molar-refractivity contribution is 6.02. The van der Waals surface area contributed by atoms with Crippen molar-refractivity contribution in [2.24, 2.45) is 11.8 Å². The Balaban J connectivity index is 1.38. The summed E-state index contributed by atoms with van der Waals surface area (Å²) in [4.78, 5) is 59.0. The second-order valence-corrected chi connectivity index (χ2v) is 11.5. The molecule has 1 aromatic rings. The number of aryl methyl sites for hydroxylation is 1. The predicted molar refractivity (Wildman–Crippen MR) is 136 cm³/mol. The van der Waals surface area contributed by atoms with E-state index in [-0.39, 0.29) is 43.5 Å². The molecule has 3 fully saturated rings. The average molecular weight is 577 g/mol. The molecule has 1 spiro atoms. The first-order valence-corrected chi connectivity index (χ1v) is 13.6. The van der Waals surface area contributed by atoms with Gasteiger partial charge in [0, 0.05) is 19.2 Å². The maximum atomic E-state index is 14.0. The van der Waals surface area contributed by atoms with Crippen molar-refractivity contribution in [3.05, 3.63) is 17.8 Å². The molecule has 3 heterocycles. The van der Waals surface area contributed by atoms with Crippen molar-refractivity contribution in [3.63, 3.8) is 0 Å². The van der Waals surface area contributed by atoms with Crippen LogP contribution in [0.3, 0.4) is 0 Å². The summed E-state index contributed by atoms with van der Waals surface area (Å²) in [5, 5.41) is 14.5. The summed E-state index contributed by atoms with van der Waals surface area (Å²) < 4.78 is 45.1. The Morgan fingerprint density at radius 2 is 1.90 bits per heavy atom. The second kappa shape index (κ2) is 10.5. The highest BCUT2D eigenvalue weighted by Gasteiger charge is 2.57. The highest BCUT2D eigenvalue weighted by atomic mass is 19.4. The van der Waals surface area contributed by atoms with Gasteiger partial charge in [0.25, 0.3) is 5.91 Å². The van der Waals surface area contributed by atoms with Crippen molar-refractivity contribution in [1.29, 1.82) is 5.26 Å². The van der Waals surface area contributed by atoms with Crippen molar-refractivity contribution in [1.82, 2.24) is 20.1 Å². The lowest BCUT2D eigenvalue weighted by Gasteiger charge is -2.35. The summed E-state index contributed by atoms with van der Waals surface area (Å²) in [6, 6.07) is 1.78. The summed E-state index contributed by atoms with van der Waals surface area (Å²) in [6.07, 6.45) is -1.91. The second-order valence-electron chi connectivity index (χ2n) is 11.5. The van der Waals surface area contributed by atoms with Crippen LogP contribution in [0.1, 0.15) is 50.6 Å². The van der Waals surface area contributed by atoms with Crippen molar-refractivity contribution >= 4 is 29.3 Å². The van der Waals surface area contributed by atoms with E-state index in [1.165, 1.54) is 11.9 Å². The van der Waals surface area contributed by atoms with Crippen LogP contribution in [-0.2, 0) is 19.2 Å². The van der Waals surface area contributed by atoms with Gasteiger partial charge in [0.05, 0.1) is 12.6 Å². The Labute approximate surface area is 234 Å². The van der Waals surface area contributed by atoms with Crippen molar-refractivity contribution in [2.75, 3.05) is 18.9 Å². The number of likely N-dealkylation sites (N-methyl/N-ethyl adjacent to an activating group) is 1. The molecule has 11 nitrogen and oxygen atoms in total. The molecule has 4 atom stereocenters. The van der Waals surface area contributed by atoms with E-state index in [9.17, 15) is 37.6 Å². The van der Waals surface area contributed by atoms with E-state index in [4.69, 9.17) is 4.74 Å². The first kappa shape index (κ1) is 28.6. The maximum absolute atomic E-state index is 14.0. The van der Waals surface area contributed by atoms with Gasteiger partial charge in [0.2, 0.25) is 23.3 Å². The number of pyridine rings is 1. The van der Waals surface area contributed by atoms with Gasteiger partial charge in [-0.2, -0.15) is 18.4 Å². The summed E-state index contributed by atoms with van der Waals surface area (Å²) >= 11 is 0. The number of ether oxygens (including phenoxy) is 1. The minimum absolute atomic E-state index is 0.00645. The van der Waals surface area contributed by atoms with E-state index in [1.54, 1.807) is 19.1 Å². The molecule has 2 aliphatic heterocycles. The van der Waals surface area contributed by atoms with Crippen LogP contribution in [0.25, 0.3) is 0 Å². The van der Waals surface area contributed by atoms with Gasteiger partial charge in [0.15, 0.2) is 0 Å². The zero-order valence-electron chi connectivity index (χ0n) is 22.7. The molecule has 5 rings (SSSR count). The van der Waals surface area contributed by atoms with E-state index < -0.39 is 53.5 Å². The van der Waals surface area contributed by atoms with Crippen LogP contribution in [0.15, 0.2) is 12.1 Å². The topological polar surface area (TPSA) is 145 Å². The van der Waals surface area contributed by atoms with Gasteiger partial charge in [-0.1, -0.05) is 25.7 Å². The molecule has 220 valence electrons. The molecule has 1 saturated heterocycles. The zero-order valence-corrected chi connectivity index (χ0v) is 22.7. The lowest BCUT2D eigenvalue weighted by Crippen LogP contribution is -2.58. The minimum atomic E-state index is -5.17. The summed E-state index contributed by atoms with van der Waals surface area (Å²) in [6.45, 7) is 1.47. The number of rotatable bonds is 8. The Bertz CT molecular complexity index is 1310. The molecule has 14 heteroatoms. The number of nitriles is 1. The van der Waals surface area contributed by atoms with Gasteiger partial charge in [0.1, 0.15) is 23.8 Å². The number of halogens is 3. The molecule has 2 N–H and O–H groups in total. The van der Waals surface area contributed by atoms with E-state index in [0.717, 1.165) is 30.6 Å². The minimum Gasteiger partial charge on any atom is -0.457 e. The molecule has 0 radical (unpaired) electrons. The molecule has 41 heavy (non-hydrogen) atoms. The van der Waals surface area contributed by atoms with Gasteiger partial charge in [-0.3, -0.25) is 19.2 Å². The normalized spacial score (nSPS) is 24.9. The maximum Gasteiger partial charge on any atom is 0.471 e. The number of fused-ring (bicyclic) bond motifs is 1. The molecule has 4 amide bonds. The third kappa shape index (κ3) is 5.94. The van der Waals surface area contributed by atoms with Gasteiger partial charge in [-0.25, -0.2) is 4.98 Å². The molecule has 2 aliphatic carbocycles. The number of carbonyl (C=O) groups excluding carboxylic acids is 4. The zero-order chi connectivity index (χ0) is 29.7. The summed E-state index contributed by atoms with van der Waals surface area (Å²) in [5.74, 6) is -3.87. The number of aromatic nitrogens is 1. The SMILES string of the molecule is Cc1ccc2c(n1)O[C@@]1(C[C@@H](C#N)N(C(=O)[C@H](CC3CC3)N(C)C(=O)[C@H](CC3CC3)NC(=O)C(F)(F)F)C1)C(=O)N2. The van der Waals surface area contributed by atoms with Gasteiger partial charge >= 0.3 is 12.1 Å². The molecule has 0 aromatic carbocycles. The van der Waals surface area contributed by atoms with Crippen molar-refractivity contribution in [2.45, 2.75) is 81.8 Å². The first-order valence-electron chi connectivity index (χ1n) is 13.6. The molecule has 0 bridgehead atoms. The van der Waals surface area contributed by atoms with Crippen LogP contribution in [0, 0.1) is 30.1 Å². The average Bonchev–Trinajstić information content (AvgIpc) is 3.85. The Kier molecular flexibility index (Phi) is 7.33. The number of hydrogen-bond acceptors (Lipinski definition) is 7. The van der Waals surface area contributed by atoms with Crippen LogP contribution in [0.5, 0.6) is 5.88 Å². The van der Waals surface area contributed by atoms with E-state index in [1.807, 2.05) is 5.32 Å². The van der Waals surface area contributed by atoms with E-state index >= 15 is 0 Å². The Morgan fingerprint density at radius 3 is 2.51 bits per heavy atom. The summed E-state index contributed by atoms with van der Waals surface area (Å²) in [7, 11) is 1.33. The van der Waals surface area contributed by atoms with E-state index in [0.29, 0.717) is 11.4 Å². The third-order valence-corrected chi connectivity index (χ3v) is 8.19. The van der Waals surface area contributed by atoms with Crippen LogP contribution in [0.4, 0.5) is 18.9 Å². The molecule has 0 unspecified atom stereocenters. The quantitative estimate of drug-likeness (QED) is 0.482. The highest BCUT2D eigenvalue weighted by Crippen LogP contribution is 2.41. The fourth-order valence-corrected chi connectivity index (χ4v) is 5.46. The van der Waals surface area contributed by atoms with E-state index in [2.05, 4.69) is 16.4 Å². The number of likely N-dealkylation sites (tertiary alicyclic amines) is 1. The number of carbonyl (C=O) groups is 4. The number of alkyl halides is 3. The molecular formula is C27H31F3N6O5. The number of hydrogen-bond donors (Lipinski definition) is 2. The smallest absolute Gasteiger partial charge is 0.457 e. The standard InChI is InChI=1S/C27H31F3N6O5/c1-14-3-8-18-21(32-14)41-26(24(39)33-18)11-17(12-31)36(13-26)23(38)20(10-16-6-7-16)35(2)22(37)19(9-15-4-5-15)34-25(40)27(28,29)30/h3,8,15-17,19-20H,4-7,9-11,13H2,1-2H3,(H,33,39)(H,34,40)/t17-,19-,20-,26+/m0/s1. The monoisotopic (exact) mass is 576 g/mol. The lowest BCUT2D eigenvalue weighted by molar-refractivity contribution is -0.175. The number of amides is 4. The predicted octanol–water partition coefficient (Wildman–Crippen LogP) is 2.06. The molecule has 1 aromatic heterocycles. The summed E-state index contributed by atoms with van der Waals surface area (Å²) in [5.41, 5.74) is -0.573. The number of nitrogens with one attached hydrogen (secondary N) is 2. The first-order chi connectivity index (χ1) is 19.3. The lowest BCUT2D eigenvalue weighted by atomic mass is 9.97. The Hall–Kier alpha value is -3.89. The van der Waals surface area contributed by atoms with Crippen molar-refractivity contribution < 1.29 is 37.1 Å². The fraction of sp³-hybridized carbons (Fsp3) is 0.630. The Morgan fingerprint density at radius 1 is 1.24 bits per heavy atom. The van der Waals surface area contributed by atoms with Crippen LogP contribution in [0.2, 0.25) is 0 Å². The third-order valence-electron chi connectivity index (χ3n) is 8.19. The fourth-order valence-electron chi connectivity index (χ4n) is 5.46. The van der Waals surface area contributed by atoms with Crippen LogP contribution >= 0.6 is 0 Å². The largest absolute Gasteiger partial charge is 0.471 e. The molecule has 2 saturated carbocycles. The van der Waals surface area contributed by atoms with Gasteiger partial charge < -0.3 is 25.2 Å². The van der Waals surface area contributed by atoms with Gasteiger partial charge in [-0.15, -0.1) is 0 Å². The van der Waals surface area contributed by atoms with Crippen LogP contribution < -0.4 is 15.4 Å².